The van der Waals surface area contributed by atoms with Crippen molar-refractivity contribution in [3.63, 3.8) is 0 Å². The maximum absolute atomic E-state index is 12.3. The lowest BCUT2D eigenvalue weighted by molar-refractivity contribution is -0.116. The van der Waals surface area contributed by atoms with Crippen LogP contribution in [0, 0.1) is 6.92 Å². The highest BCUT2D eigenvalue weighted by Crippen LogP contribution is 2.42. The molecule has 0 bridgehead atoms. The molecule has 3 rings (SSSR count). The Hall–Kier alpha value is -3.48. The van der Waals surface area contributed by atoms with Gasteiger partial charge in [-0.15, -0.1) is 0 Å². The van der Waals surface area contributed by atoms with E-state index in [0.717, 1.165) is 11.1 Å². The minimum absolute atomic E-state index is 0.0992. The Morgan fingerprint density at radius 3 is 2.68 bits per heavy atom. The van der Waals surface area contributed by atoms with Crippen LogP contribution in [-0.2, 0) is 22.6 Å². The molecule has 1 aliphatic heterocycles. The molecule has 2 aromatic carbocycles. The van der Waals surface area contributed by atoms with Gasteiger partial charge in [-0.25, -0.2) is 4.79 Å². The highest BCUT2D eigenvalue weighted by atomic mass is 16.5. The summed E-state index contributed by atoms with van der Waals surface area (Å²) in [5.74, 6) is 0.420. The number of para-hydroxylation sites is 2. The lowest BCUT2D eigenvalue weighted by Crippen LogP contribution is -2.12. The van der Waals surface area contributed by atoms with E-state index in [1.807, 2.05) is 32.1 Å². The highest BCUT2D eigenvalue weighted by molar-refractivity contribution is 5.98. The number of carbonyl (C=O) groups is 2. The molecule has 0 atom stereocenters. The van der Waals surface area contributed by atoms with Gasteiger partial charge in [0.2, 0.25) is 5.91 Å². The van der Waals surface area contributed by atoms with E-state index in [1.165, 1.54) is 7.11 Å². The van der Waals surface area contributed by atoms with Crippen molar-refractivity contribution >= 4 is 17.6 Å². The van der Waals surface area contributed by atoms with Crippen LogP contribution in [0.5, 0.6) is 17.2 Å². The predicted octanol–water partition coefficient (Wildman–Crippen LogP) is 4.30. The third kappa shape index (κ3) is 4.66. The Balaban J connectivity index is 1.68. The molecule has 1 heterocycles. The van der Waals surface area contributed by atoms with Gasteiger partial charge in [0.05, 0.1) is 19.9 Å². The van der Waals surface area contributed by atoms with E-state index in [-0.39, 0.29) is 23.8 Å². The molecule has 7 nitrogen and oxygen atoms in total. The van der Waals surface area contributed by atoms with Crippen molar-refractivity contribution in [3.05, 3.63) is 58.2 Å². The largest absolute Gasteiger partial charge is 0.507 e. The van der Waals surface area contributed by atoms with Crippen molar-refractivity contribution in [1.29, 1.82) is 0 Å². The number of phenolic OH excluding ortho intramolecular Hbond substituents is 1. The van der Waals surface area contributed by atoms with E-state index < -0.39 is 5.97 Å². The summed E-state index contributed by atoms with van der Waals surface area (Å²) in [7, 11) is 3.09. The molecular weight excluding hydrogens is 398 g/mol. The molecule has 0 fully saturated rings. The lowest BCUT2D eigenvalue weighted by Gasteiger charge is -2.15. The fourth-order valence-electron chi connectivity index (χ4n) is 3.68. The van der Waals surface area contributed by atoms with E-state index in [9.17, 15) is 14.7 Å². The molecule has 0 aromatic heterocycles. The van der Waals surface area contributed by atoms with E-state index in [2.05, 4.69) is 5.32 Å². The van der Waals surface area contributed by atoms with Crippen LogP contribution in [0.15, 0.2) is 35.9 Å². The third-order valence-corrected chi connectivity index (χ3v) is 5.43. The van der Waals surface area contributed by atoms with Gasteiger partial charge in [-0.2, -0.15) is 0 Å². The smallest absolute Gasteiger partial charge is 0.342 e. The number of amides is 1. The van der Waals surface area contributed by atoms with Crippen LogP contribution in [0.1, 0.15) is 46.8 Å². The monoisotopic (exact) mass is 425 g/mol. The average molecular weight is 425 g/mol. The second kappa shape index (κ2) is 9.55. The van der Waals surface area contributed by atoms with Crippen LogP contribution in [0.2, 0.25) is 0 Å². The van der Waals surface area contributed by atoms with Crippen LogP contribution in [-0.4, -0.2) is 31.2 Å². The Morgan fingerprint density at radius 2 is 1.97 bits per heavy atom. The molecule has 31 heavy (non-hydrogen) atoms. The van der Waals surface area contributed by atoms with Gasteiger partial charge in [-0.05, 0) is 44.4 Å². The number of hydrogen-bond donors (Lipinski definition) is 2. The molecule has 2 aromatic rings. The summed E-state index contributed by atoms with van der Waals surface area (Å²) < 4.78 is 15.8. The molecule has 1 amide bonds. The molecule has 1 aliphatic rings. The number of hydrogen-bond acceptors (Lipinski definition) is 6. The summed E-state index contributed by atoms with van der Waals surface area (Å²) in [5.41, 5.74) is 3.82. The molecular formula is C24H27NO6. The van der Waals surface area contributed by atoms with Crippen LogP contribution < -0.4 is 14.8 Å². The molecule has 2 N–H and O–H groups in total. The number of carbonyl (C=O) groups excluding carboxylic acids is 2. The van der Waals surface area contributed by atoms with Crippen LogP contribution in [0.3, 0.4) is 0 Å². The zero-order valence-electron chi connectivity index (χ0n) is 18.2. The minimum Gasteiger partial charge on any atom is -0.507 e. The van der Waals surface area contributed by atoms with Crippen molar-refractivity contribution in [2.75, 3.05) is 19.5 Å². The first-order valence-corrected chi connectivity index (χ1v) is 10.0. The average Bonchev–Trinajstić information content (AvgIpc) is 3.16. The van der Waals surface area contributed by atoms with Crippen LogP contribution in [0.4, 0.5) is 5.69 Å². The minimum atomic E-state index is -0.520. The maximum Gasteiger partial charge on any atom is 0.342 e. The van der Waals surface area contributed by atoms with Crippen LogP contribution >= 0.6 is 0 Å². The van der Waals surface area contributed by atoms with Crippen LogP contribution in [0.25, 0.3) is 0 Å². The van der Waals surface area contributed by atoms with Gasteiger partial charge in [-0.1, -0.05) is 23.8 Å². The van der Waals surface area contributed by atoms with Gasteiger partial charge >= 0.3 is 5.97 Å². The van der Waals surface area contributed by atoms with Gasteiger partial charge in [0.1, 0.15) is 29.4 Å². The number of nitrogens with one attached hydrogen (secondary N) is 1. The van der Waals surface area contributed by atoms with Gasteiger partial charge in [-0.3, -0.25) is 4.79 Å². The molecule has 0 aliphatic carbocycles. The summed E-state index contributed by atoms with van der Waals surface area (Å²) in [4.78, 5) is 24.3. The Morgan fingerprint density at radius 1 is 1.23 bits per heavy atom. The topological polar surface area (TPSA) is 94.1 Å². The maximum atomic E-state index is 12.3. The third-order valence-electron chi connectivity index (χ3n) is 5.43. The van der Waals surface area contributed by atoms with E-state index in [4.69, 9.17) is 14.2 Å². The molecule has 0 saturated carbocycles. The number of methoxy groups -OCH3 is 2. The van der Waals surface area contributed by atoms with Crippen molar-refractivity contribution in [1.82, 2.24) is 0 Å². The molecule has 164 valence electrons. The van der Waals surface area contributed by atoms with Gasteiger partial charge < -0.3 is 24.6 Å². The quantitative estimate of drug-likeness (QED) is 0.484. The number of allylic oxidation sites excluding steroid dienone is 2. The first kappa shape index (κ1) is 22.2. The summed E-state index contributed by atoms with van der Waals surface area (Å²) in [5, 5.41) is 13.5. The molecule has 7 heteroatoms. The number of aromatic hydroxyl groups is 1. The number of ether oxygens (including phenoxy) is 3. The van der Waals surface area contributed by atoms with E-state index in [1.54, 1.807) is 19.2 Å². The Labute approximate surface area is 181 Å². The molecule has 0 spiro atoms. The number of rotatable bonds is 8. The first-order chi connectivity index (χ1) is 14.9. The van der Waals surface area contributed by atoms with Crippen molar-refractivity contribution in [3.8, 4) is 17.2 Å². The number of anilines is 1. The van der Waals surface area contributed by atoms with Gasteiger partial charge in [0.15, 0.2) is 0 Å². The molecule has 0 radical (unpaired) electrons. The first-order valence-electron chi connectivity index (χ1n) is 10.0. The number of cyclic esters (lactones) is 1. The summed E-state index contributed by atoms with van der Waals surface area (Å²) in [6.07, 6.45) is 3.16. The predicted molar refractivity (Wildman–Crippen MR) is 117 cm³/mol. The van der Waals surface area contributed by atoms with Gasteiger partial charge in [0, 0.05) is 17.5 Å². The second-order valence-corrected chi connectivity index (χ2v) is 7.42. The number of esters is 1. The van der Waals surface area contributed by atoms with Crippen molar-refractivity contribution in [2.45, 2.75) is 39.7 Å². The summed E-state index contributed by atoms with van der Waals surface area (Å²) in [6, 6.07) is 7.24. The normalized spacial score (nSPS) is 12.9. The molecule has 0 saturated heterocycles. The zero-order chi connectivity index (χ0) is 22.5. The highest BCUT2D eigenvalue weighted by Gasteiger charge is 2.31. The standard InChI is InChI=1S/C24H27NO6/c1-14(10-12-20(26)25-18-7-5-6-8-19(18)29-3)9-11-16-22(27)21-17(13-31-24(21)28)15(2)23(16)30-4/h5-9,27H,10-13H2,1-4H3,(H,25,26). The van der Waals surface area contributed by atoms with E-state index in [0.29, 0.717) is 47.6 Å². The Bertz CT molecular complexity index is 1040. The fraction of sp³-hybridized carbons (Fsp3) is 0.333. The van der Waals surface area contributed by atoms with Crippen molar-refractivity contribution in [2.24, 2.45) is 0 Å². The fourth-order valence-corrected chi connectivity index (χ4v) is 3.68. The van der Waals surface area contributed by atoms with Crippen molar-refractivity contribution < 1.29 is 28.9 Å². The number of benzene rings is 2. The second-order valence-electron chi connectivity index (χ2n) is 7.42. The number of phenols is 1. The molecule has 0 unspecified atom stereocenters. The Kier molecular flexibility index (Phi) is 6.84. The van der Waals surface area contributed by atoms with E-state index >= 15 is 0 Å². The summed E-state index contributed by atoms with van der Waals surface area (Å²) in [6.45, 7) is 3.91. The summed E-state index contributed by atoms with van der Waals surface area (Å²) >= 11 is 0. The van der Waals surface area contributed by atoms with Gasteiger partial charge in [0.25, 0.3) is 0 Å². The lowest BCUT2D eigenvalue weighted by atomic mass is 9.94. The zero-order valence-corrected chi connectivity index (χ0v) is 18.2. The SMILES string of the molecule is COc1ccccc1NC(=O)CCC(C)=CCc1c(O)c2c(c(C)c1OC)COC2=O. The number of fused-ring (bicyclic) bond motifs is 1.